The fraction of sp³-hybridized carbons (Fsp3) is 0.192. The molecule has 0 atom stereocenters. The van der Waals surface area contributed by atoms with Gasteiger partial charge in [0.1, 0.15) is 0 Å². The SMILES string of the molecule is CC(=O)Nc1ccc(/C(C)=N\NC(=O)CNc2ccc(C)c(S(=O)(=O)c3ccccc3)c2C)cc1. The number of carbonyl (C=O) groups excluding carboxylic acids is 2. The molecule has 9 heteroatoms. The minimum absolute atomic E-state index is 0.0903. The fourth-order valence-electron chi connectivity index (χ4n) is 3.57. The molecule has 0 unspecified atom stereocenters. The Morgan fingerprint density at radius 1 is 0.886 bits per heavy atom. The maximum Gasteiger partial charge on any atom is 0.259 e. The molecule has 35 heavy (non-hydrogen) atoms. The summed E-state index contributed by atoms with van der Waals surface area (Å²) >= 11 is 0. The summed E-state index contributed by atoms with van der Waals surface area (Å²) in [4.78, 5) is 23.9. The van der Waals surface area contributed by atoms with E-state index in [1.807, 2.05) is 0 Å². The first-order valence-corrected chi connectivity index (χ1v) is 12.4. The van der Waals surface area contributed by atoms with Crippen LogP contribution in [-0.2, 0) is 19.4 Å². The van der Waals surface area contributed by atoms with Crippen molar-refractivity contribution in [3.8, 4) is 0 Å². The Hall–Kier alpha value is -3.98. The molecule has 0 fully saturated rings. The van der Waals surface area contributed by atoms with Crippen molar-refractivity contribution >= 4 is 38.7 Å². The summed E-state index contributed by atoms with van der Waals surface area (Å²) < 4.78 is 26.4. The molecule has 0 saturated heterocycles. The summed E-state index contributed by atoms with van der Waals surface area (Å²) in [6, 6.07) is 18.8. The number of carbonyl (C=O) groups is 2. The third kappa shape index (κ3) is 6.33. The molecule has 8 nitrogen and oxygen atoms in total. The zero-order valence-corrected chi connectivity index (χ0v) is 20.9. The van der Waals surface area contributed by atoms with Crippen molar-refractivity contribution in [2.75, 3.05) is 17.2 Å². The zero-order chi connectivity index (χ0) is 25.6. The van der Waals surface area contributed by atoms with Crippen molar-refractivity contribution in [3.63, 3.8) is 0 Å². The van der Waals surface area contributed by atoms with Gasteiger partial charge in [-0.25, -0.2) is 13.8 Å². The lowest BCUT2D eigenvalue weighted by molar-refractivity contribution is -0.119. The number of hydrogen-bond acceptors (Lipinski definition) is 6. The lowest BCUT2D eigenvalue weighted by Crippen LogP contribution is -2.27. The Bertz CT molecular complexity index is 1370. The second-order valence-corrected chi connectivity index (χ2v) is 9.93. The molecule has 0 radical (unpaired) electrons. The minimum atomic E-state index is -3.71. The Morgan fingerprint density at radius 3 is 2.17 bits per heavy atom. The van der Waals surface area contributed by atoms with E-state index in [0.717, 1.165) is 5.56 Å². The second kappa shape index (κ2) is 11.0. The topological polar surface area (TPSA) is 117 Å². The number of nitrogens with zero attached hydrogens (tertiary/aromatic N) is 1. The molecule has 3 N–H and O–H groups in total. The van der Waals surface area contributed by atoms with Crippen LogP contribution in [0.2, 0.25) is 0 Å². The molecule has 0 aliphatic heterocycles. The molecule has 2 amide bonds. The first kappa shape index (κ1) is 25.6. The Morgan fingerprint density at radius 2 is 1.54 bits per heavy atom. The highest BCUT2D eigenvalue weighted by molar-refractivity contribution is 7.91. The van der Waals surface area contributed by atoms with E-state index in [1.54, 1.807) is 87.5 Å². The monoisotopic (exact) mass is 492 g/mol. The molecule has 0 bridgehead atoms. The van der Waals surface area contributed by atoms with Crippen LogP contribution in [0.25, 0.3) is 0 Å². The molecular formula is C26H28N4O4S. The van der Waals surface area contributed by atoms with E-state index in [-0.39, 0.29) is 28.2 Å². The van der Waals surface area contributed by atoms with Crippen LogP contribution in [0.1, 0.15) is 30.5 Å². The van der Waals surface area contributed by atoms with Gasteiger partial charge in [-0.05, 0) is 67.8 Å². The molecule has 3 aromatic carbocycles. The summed E-state index contributed by atoms with van der Waals surface area (Å²) in [5.74, 6) is -0.539. The number of hydrogen-bond donors (Lipinski definition) is 3. The molecule has 3 rings (SSSR count). The maximum absolute atomic E-state index is 13.2. The predicted octanol–water partition coefficient (Wildman–Crippen LogP) is 4.05. The fourth-order valence-corrected chi connectivity index (χ4v) is 5.33. The van der Waals surface area contributed by atoms with Crippen LogP contribution in [0, 0.1) is 13.8 Å². The van der Waals surface area contributed by atoms with E-state index in [9.17, 15) is 18.0 Å². The summed E-state index contributed by atoms with van der Waals surface area (Å²) in [6.45, 7) is 6.57. The maximum atomic E-state index is 13.2. The van der Waals surface area contributed by atoms with Crippen LogP contribution in [0.4, 0.5) is 11.4 Å². The number of anilines is 2. The molecular weight excluding hydrogens is 464 g/mol. The van der Waals surface area contributed by atoms with Crippen LogP contribution in [-0.4, -0.2) is 32.5 Å². The van der Waals surface area contributed by atoms with Gasteiger partial charge in [-0.1, -0.05) is 36.4 Å². The van der Waals surface area contributed by atoms with E-state index in [4.69, 9.17) is 0 Å². The molecule has 3 aromatic rings. The van der Waals surface area contributed by atoms with E-state index in [1.165, 1.54) is 6.92 Å². The summed E-state index contributed by atoms with van der Waals surface area (Å²) in [7, 11) is -3.71. The van der Waals surface area contributed by atoms with Gasteiger partial charge < -0.3 is 10.6 Å². The van der Waals surface area contributed by atoms with Crippen LogP contribution in [0.3, 0.4) is 0 Å². The summed E-state index contributed by atoms with van der Waals surface area (Å²) in [5, 5.41) is 9.82. The first-order chi connectivity index (χ1) is 16.6. The van der Waals surface area contributed by atoms with Gasteiger partial charge in [-0.3, -0.25) is 9.59 Å². The second-order valence-electron chi connectivity index (χ2n) is 8.04. The molecule has 0 aromatic heterocycles. The highest BCUT2D eigenvalue weighted by Gasteiger charge is 2.23. The standard InChI is InChI=1S/C26H28N4O4S/c1-17-10-15-24(18(2)26(17)35(33,34)23-8-6-5-7-9-23)27-16-25(32)30-29-19(3)21-11-13-22(14-12-21)28-20(4)31/h5-15,27H,16H2,1-4H3,(H,28,31)(H,30,32)/b29-19-. The van der Waals surface area contributed by atoms with Crippen molar-refractivity contribution in [3.05, 3.63) is 83.4 Å². The third-order valence-corrected chi connectivity index (χ3v) is 7.39. The Kier molecular flexibility index (Phi) is 8.03. The predicted molar refractivity (Wildman–Crippen MR) is 137 cm³/mol. The molecule has 182 valence electrons. The third-order valence-electron chi connectivity index (χ3n) is 5.34. The zero-order valence-electron chi connectivity index (χ0n) is 20.0. The van der Waals surface area contributed by atoms with E-state index >= 15 is 0 Å². The first-order valence-electron chi connectivity index (χ1n) is 10.9. The average molecular weight is 493 g/mol. The lowest BCUT2D eigenvalue weighted by atomic mass is 10.1. The van der Waals surface area contributed by atoms with Crippen molar-refractivity contribution in [2.45, 2.75) is 37.5 Å². The highest BCUT2D eigenvalue weighted by Crippen LogP contribution is 2.31. The smallest absolute Gasteiger partial charge is 0.259 e. The van der Waals surface area contributed by atoms with Gasteiger partial charge in [0, 0.05) is 18.3 Å². The van der Waals surface area contributed by atoms with Crippen LogP contribution in [0.15, 0.2) is 81.6 Å². The van der Waals surface area contributed by atoms with E-state index in [2.05, 4.69) is 21.2 Å². The van der Waals surface area contributed by atoms with Gasteiger partial charge in [-0.2, -0.15) is 5.10 Å². The number of hydrazone groups is 1. The molecule has 0 spiro atoms. The largest absolute Gasteiger partial charge is 0.376 e. The molecule has 0 aliphatic rings. The molecule has 0 heterocycles. The number of nitrogens with one attached hydrogen (secondary N) is 3. The normalized spacial score (nSPS) is 11.6. The van der Waals surface area contributed by atoms with Gasteiger partial charge in [0.25, 0.3) is 5.91 Å². The summed E-state index contributed by atoms with van der Waals surface area (Å²) in [6.07, 6.45) is 0. The van der Waals surface area contributed by atoms with Gasteiger partial charge in [0.15, 0.2) is 0 Å². The lowest BCUT2D eigenvalue weighted by Gasteiger charge is -2.16. The average Bonchev–Trinajstić information content (AvgIpc) is 2.82. The highest BCUT2D eigenvalue weighted by atomic mass is 32.2. The Labute approximate surface area is 205 Å². The van der Waals surface area contributed by atoms with Gasteiger partial charge in [0.2, 0.25) is 15.7 Å². The Balaban J connectivity index is 1.68. The number of sulfone groups is 1. The molecule has 0 saturated carbocycles. The van der Waals surface area contributed by atoms with Crippen molar-refractivity contribution in [1.29, 1.82) is 0 Å². The van der Waals surface area contributed by atoms with E-state index < -0.39 is 9.84 Å². The van der Waals surface area contributed by atoms with Crippen LogP contribution < -0.4 is 16.1 Å². The van der Waals surface area contributed by atoms with Gasteiger partial charge >= 0.3 is 0 Å². The van der Waals surface area contributed by atoms with Gasteiger partial charge in [0.05, 0.1) is 22.0 Å². The van der Waals surface area contributed by atoms with Crippen LogP contribution >= 0.6 is 0 Å². The number of amides is 2. The quantitative estimate of drug-likeness (QED) is 0.324. The van der Waals surface area contributed by atoms with Crippen molar-refractivity contribution in [1.82, 2.24) is 5.43 Å². The summed E-state index contributed by atoms with van der Waals surface area (Å²) in [5.41, 5.74) is 6.27. The minimum Gasteiger partial charge on any atom is -0.376 e. The van der Waals surface area contributed by atoms with Gasteiger partial charge in [-0.15, -0.1) is 0 Å². The number of benzene rings is 3. The molecule has 0 aliphatic carbocycles. The van der Waals surface area contributed by atoms with E-state index in [0.29, 0.717) is 28.2 Å². The number of aryl methyl sites for hydroxylation is 1. The van der Waals surface area contributed by atoms with Crippen molar-refractivity contribution < 1.29 is 18.0 Å². The van der Waals surface area contributed by atoms with Crippen molar-refractivity contribution in [2.24, 2.45) is 5.10 Å². The number of rotatable bonds is 8. The van der Waals surface area contributed by atoms with Crippen LogP contribution in [0.5, 0.6) is 0 Å².